The summed E-state index contributed by atoms with van der Waals surface area (Å²) in [4.78, 5) is 76.0. The predicted octanol–water partition coefficient (Wildman–Crippen LogP) is 6.38. The van der Waals surface area contributed by atoms with Gasteiger partial charge in [0.1, 0.15) is 17.5 Å². The number of ketones is 1. The second kappa shape index (κ2) is 23.6. The van der Waals surface area contributed by atoms with Gasteiger partial charge in [-0.05, 0) is 91.0 Å². The van der Waals surface area contributed by atoms with E-state index in [-0.39, 0.29) is 42.8 Å². The number of amides is 3. The molecule has 408 valence electrons. The van der Waals surface area contributed by atoms with E-state index in [0.29, 0.717) is 43.1 Å². The fourth-order valence-corrected chi connectivity index (χ4v) is 10.2. The van der Waals surface area contributed by atoms with Gasteiger partial charge in [0.15, 0.2) is 5.78 Å². The van der Waals surface area contributed by atoms with Gasteiger partial charge >= 0.3 is 12.1 Å². The maximum absolute atomic E-state index is 16.1. The molecule has 3 fully saturated rings. The Balaban J connectivity index is 1.11. The average molecular weight is 1050 g/mol. The van der Waals surface area contributed by atoms with Crippen molar-refractivity contribution in [3.63, 3.8) is 0 Å². The Bertz CT molecular complexity index is 2770. The lowest BCUT2D eigenvalue weighted by molar-refractivity contribution is -0.172. The van der Waals surface area contributed by atoms with E-state index in [1.54, 1.807) is 67.1 Å². The molecule has 17 nitrogen and oxygen atoms in total. The van der Waals surface area contributed by atoms with Gasteiger partial charge in [-0.25, -0.2) is 23.6 Å². The van der Waals surface area contributed by atoms with Gasteiger partial charge in [-0.2, -0.15) is 5.10 Å². The highest BCUT2D eigenvalue weighted by Crippen LogP contribution is 2.39. The van der Waals surface area contributed by atoms with Crippen molar-refractivity contribution in [2.24, 2.45) is 35.1 Å². The van der Waals surface area contributed by atoms with Gasteiger partial charge in [0.25, 0.3) is 0 Å². The molecule has 2 aromatic carbocycles. The number of piperazine rings is 1. The Kier molecular flexibility index (Phi) is 17.7. The third-order valence-corrected chi connectivity index (χ3v) is 14.7. The molecule has 3 N–H and O–H groups in total. The smallest absolute Gasteiger partial charge is 0.407 e. The van der Waals surface area contributed by atoms with Gasteiger partial charge in [0.2, 0.25) is 11.8 Å². The third-order valence-electron chi connectivity index (χ3n) is 14.7. The van der Waals surface area contributed by atoms with Crippen LogP contribution in [0.4, 0.5) is 19.4 Å². The molecule has 2 bridgehead atoms. The number of hydrogen-bond acceptors (Lipinski definition) is 13. The van der Waals surface area contributed by atoms with E-state index in [9.17, 15) is 29.1 Å². The molecule has 2 aromatic heterocycles. The highest BCUT2D eigenvalue weighted by atomic mass is 19.1. The molecule has 0 saturated carbocycles. The number of rotatable bonds is 18. The molecule has 19 heteroatoms. The summed E-state index contributed by atoms with van der Waals surface area (Å²) < 4.78 is 48.8. The third kappa shape index (κ3) is 13.8. The van der Waals surface area contributed by atoms with Crippen LogP contribution in [0, 0.1) is 51.6 Å². The number of hydrazine groups is 1. The molecule has 3 aliphatic heterocycles. The zero-order valence-electron chi connectivity index (χ0n) is 45.2. The number of aromatic nitrogens is 3. The number of hydrogen-bond donors (Lipinski definition) is 3. The van der Waals surface area contributed by atoms with Crippen molar-refractivity contribution in [2.45, 2.75) is 111 Å². The van der Waals surface area contributed by atoms with E-state index >= 15 is 8.78 Å². The van der Waals surface area contributed by atoms with Crippen LogP contribution in [0.5, 0.6) is 0 Å². The maximum Gasteiger partial charge on any atom is 0.407 e. The number of nitrogens with zero attached hydrogens (tertiary/aromatic N) is 6. The van der Waals surface area contributed by atoms with Crippen molar-refractivity contribution in [3.8, 4) is 23.1 Å². The highest BCUT2D eigenvalue weighted by molar-refractivity contribution is 5.88. The van der Waals surface area contributed by atoms with E-state index in [1.165, 1.54) is 23.9 Å². The quantitative estimate of drug-likeness (QED) is 0.0564. The molecule has 5 heterocycles. The molecule has 0 spiro atoms. The number of esters is 1. The number of Topliss-reactive ketones (excluding diaryl/α,β-unsaturated/α-hetero) is 1. The predicted molar refractivity (Wildman–Crippen MR) is 280 cm³/mol. The summed E-state index contributed by atoms with van der Waals surface area (Å²) in [6.45, 7) is 14.0. The molecule has 7 rings (SSSR count). The largest absolute Gasteiger partial charge is 0.469 e. The van der Waals surface area contributed by atoms with E-state index in [0.717, 1.165) is 36.4 Å². The van der Waals surface area contributed by atoms with Gasteiger partial charge in [-0.1, -0.05) is 65.5 Å². The topological polar surface area (TPSA) is 198 Å². The van der Waals surface area contributed by atoms with Crippen molar-refractivity contribution >= 4 is 35.5 Å². The van der Waals surface area contributed by atoms with Crippen LogP contribution >= 0.6 is 0 Å². The van der Waals surface area contributed by atoms with Gasteiger partial charge < -0.3 is 34.4 Å². The summed E-state index contributed by atoms with van der Waals surface area (Å²) in [6, 6.07) is 14.3. The number of carbonyl (C=O) groups excluding carboxylic acids is 5. The number of methoxy groups -OCH3 is 2. The first-order valence-electron chi connectivity index (χ1n) is 25.7. The Labute approximate surface area is 444 Å². The first-order valence-corrected chi connectivity index (χ1v) is 25.7. The van der Waals surface area contributed by atoms with Crippen LogP contribution in [0.15, 0.2) is 67.0 Å². The van der Waals surface area contributed by atoms with E-state index in [1.807, 2.05) is 43.3 Å². The fourth-order valence-electron chi connectivity index (χ4n) is 10.2. The van der Waals surface area contributed by atoms with Crippen LogP contribution in [0.25, 0.3) is 11.3 Å². The molecule has 0 aliphatic carbocycles. The van der Waals surface area contributed by atoms with Gasteiger partial charge in [-0.3, -0.25) is 29.3 Å². The Morgan fingerprint density at radius 1 is 0.895 bits per heavy atom. The molecular formula is C57H72F2N8O9. The normalized spacial score (nSPS) is 18.6. The molecule has 3 aliphatic rings. The number of fused-ring (bicyclic) bond motifs is 2. The lowest BCUT2D eigenvalue weighted by Gasteiger charge is -2.47. The summed E-state index contributed by atoms with van der Waals surface area (Å²) in [5.41, 5.74) is 2.97. The fraction of sp³-hybridized carbons (Fsp3) is 0.526. The van der Waals surface area contributed by atoms with Gasteiger partial charge in [-0.15, -0.1) is 0 Å². The number of benzene rings is 2. The summed E-state index contributed by atoms with van der Waals surface area (Å²) in [6.07, 6.45) is 2.61. The minimum Gasteiger partial charge on any atom is -0.469 e. The molecule has 0 radical (unpaired) electrons. The Hall–Kier alpha value is -6.75. The average Bonchev–Trinajstić information content (AvgIpc) is 3.92. The number of aliphatic hydroxyl groups is 1. The van der Waals surface area contributed by atoms with Gasteiger partial charge in [0, 0.05) is 86.4 Å². The lowest BCUT2D eigenvalue weighted by Crippen LogP contribution is -2.62. The zero-order chi connectivity index (χ0) is 55.3. The molecule has 2 unspecified atom stereocenters. The van der Waals surface area contributed by atoms with Crippen LogP contribution in [-0.2, 0) is 53.4 Å². The maximum atomic E-state index is 16.1. The van der Waals surface area contributed by atoms with Crippen molar-refractivity contribution in [1.29, 1.82) is 0 Å². The van der Waals surface area contributed by atoms with Crippen LogP contribution in [-0.4, -0.2) is 131 Å². The molecule has 6 atom stereocenters. The molecule has 3 amide bonds. The summed E-state index contributed by atoms with van der Waals surface area (Å²) in [5.74, 6) is 1.97. The first-order chi connectivity index (χ1) is 35.8. The molecular weight excluding hydrogens is 979 g/mol. The van der Waals surface area contributed by atoms with Crippen molar-refractivity contribution < 1.29 is 52.1 Å². The molecule has 4 aromatic rings. The van der Waals surface area contributed by atoms with Crippen LogP contribution in [0.2, 0.25) is 0 Å². The highest BCUT2D eigenvalue weighted by Gasteiger charge is 2.51. The van der Waals surface area contributed by atoms with Crippen LogP contribution < -0.4 is 15.6 Å². The molecule has 3 saturated heterocycles. The number of carbonyl (C=O) groups is 5. The summed E-state index contributed by atoms with van der Waals surface area (Å²) in [5, 5.41) is 20.4. The zero-order valence-corrected chi connectivity index (χ0v) is 45.2. The Morgan fingerprint density at radius 2 is 1.53 bits per heavy atom. The van der Waals surface area contributed by atoms with E-state index in [2.05, 4.69) is 37.5 Å². The minimum absolute atomic E-state index is 0.120. The van der Waals surface area contributed by atoms with E-state index < -0.39 is 94.3 Å². The van der Waals surface area contributed by atoms with Crippen LogP contribution in [0.1, 0.15) is 96.4 Å². The monoisotopic (exact) mass is 1050 g/mol. The number of nitrogens with one attached hydrogen (secondary N) is 2. The van der Waals surface area contributed by atoms with Gasteiger partial charge in [0.05, 0.1) is 63.0 Å². The first kappa shape index (κ1) is 57.0. The minimum atomic E-state index is -1.43. The number of pyridine rings is 1. The number of halogens is 2. The second-order valence-corrected chi connectivity index (χ2v) is 22.9. The lowest BCUT2D eigenvalue weighted by atomic mass is 9.78. The van der Waals surface area contributed by atoms with Crippen LogP contribution in [0.3, 0.4) is 0 Å². The summed E-state index contributed by atoms with van der Waals surface area (Å²) in [7, 11) is 4.07. The standard InChI is InChI=1S/C57H72F2N8O9/c1-55(2,3)43(27-50(70)74-9)52(71)63-66(31-42-44(58)24-38(25-45(42)59)46-21-22-64(8)62-46)32-48(69)39(26-47(68)51(56(4,5)6)61-54(73)75-10)23-36-14-11-35(12-15-36)13-16-37-17-20-49(60-28-37)65-29-40-18-19-41(30-65)67(40)53(72)57(7)33-76-34-57/h11-12,14-15,17,20-22,24-25,28,39-41,43,48,51,69H,18-19,23,26-27,29-34H2,1-10H3,(H,61,73)(H,63,71)/t39-,40?,41?,43-,48+,51-/m1/s1. The van der Waals surface area contributed by atoms with Crippen molar-refractivity contribution in [1.82, 2.24) is 35.4 Å². The van der Waals surface area contributed by atoms with Crippen molar-refractivity contribution in [3.05, 3.63) is 101 Å². The van der Waals surface area contributed by atoms with E-state index in [4.69, 9.17) is 19.2 Å². The SMILES string of the molecule is COC(=O)C[C@H](C(=O)NN(Cc1c(F)cc(-c2ccn(C)n2)cc1F)C[C@H](O)[C@@H](CC(=O)[C@@H](NC(=O)OC)C(C)(C)C)Cc1ccc(C#Cc2ccc(N3CC4CCC(C3)N4C(=O)C3(C)COC3)nc2)cc1)C(C)(C)C. The Morgan fingerprint density at radius 3 is 2.05 bits per heavy atom. The summed E-state index contributed by atoms with van der Waals surface area (Å²) >= 11 is 0. The van der Waals surface area contributed by atoms with Crippen molar-refractivity contribution in [2.75, 3.05) is 52.0 Å². The number of alkyl carbamates (subject to hydrolysis) is 1. The number of aryl methyl sites for hydroxylation is 1. The number of ether oxygens (including phenoxy) is 3. The number of aliphatic hydroxyl groups excluding tert-OH is 1. The second-order valence-electron chi connectivity index (χ2n) is 22.9. The number of anilines is 1. The molecule has 76 heavy (non-hydrogen) atoms.